The van der Waals surface area contributed by atoms with Crippen LogP contribution in [0.1, 0.15) is 20.7 Å². The number of amides is 2. The molecule has 30 heavy (non-hydrogen) atoms. The normalized spacial score (nSPS) is 14.0. The quantitative estimate of drug-likeness (QED) is 0.664. The summed E-state index contributed by atoms with van der Waals surface area (Å²) >= 11 is 0. The molecular weight excluding hydrogens is 390 g/mol. The Labute approximate surface area is 171 Å². The third-order valence-electron chi connectivity index (χ3n) is 5.29. The van der Waals surface area contributed by atoms with Crippen LogP contribution < -0.4 is 29.0 Å². The molecule has 2 aliphatic rings. The molecule has 0 bridgehead atoms. The molecule has 0 aromatic heterocycles. The first-order chi connectivity index (χ1) is 14.6. The first-order valence-electron chi connectivity index (χ1n) is 9.12. The molecule has 0 unspecified atom stereocenters. The molecule has 0 saturated carbocycles. The molecule has 0 spiro atoms. The molecule has 2 amide bonds. The Balaban J connectivity index is 1.94. The summed E-state index contributed by atoms with van der Waals surface area (Å²) in [5, 5.41) is 3.79. The van der Waals surface area contributed by atoms with E-state index in [1.54, 1.807) is 24.3 Å². The van der Waals surface area contributed by atoms with Crippen LogP contribution in [0.4, 0.5) is 0 Å². The van der Waals surface area contributed by atoms with Crippen LogP contribution in [0.25, 0.3) is 21.9 Å². The Morgan fingerprint density at radius 1 is 0.867 bits per heavy atom. The lowest BCUT2D eigenvalue weighted by atomic mass is 9.89. The molecule has 2 aliphatic heterocycles. The third kappa shape index (κ3) is 2.40. The fourth-order valence-corrected chi connectivity index (χ4v) is 4.02. The van der Waals surface area contributed by atoms with Gasteiger partial charge in [-0.25, -0.2) is 0 Å². The van der Waals surface area contributed by atoms with Crippen molar-refractivity contribution in [2.45, 2.75) is 0 Å². The van der Waals surface area contributed by atoms with Gasteiger partial charge in [0, 0.05) is 10.9 Å². The minimum Gasteiger partial charge on any atom is -0.493 e. The molecule has 0 radical (unpaired) electrons. The van der Waals surface area contributed by atoms with Crippen molar-refractivity contribution in [3.63, 3.8) is 0 Å². The molecule has 0 fully saturated rings. The van der Waals surface area contributed by atoms with Crippen molar-refractivity contribution in [2.75, 3.05) is 28.1 Å². The van der Waals surface area contributed by atoms with Crippen molar-refractivity contribution in [2.24, 2.45) is 0 Å². The monoisotopic (exact) mass is 407 g/mol. The van der Waals surface area contributed by atoms with E-state index in [9.17, 15) is 9.59 Å². The van der Waals surface area contributed by atoms with E-state index in [0.717, 1.165) is 5.39 Å². The van der Waals surface area contributed by atoms with E-state index in [1.807, 2.05) is 6.07 Å². The number of imide groups is 1. The molecule has 0 aliphatic carbocycles. The Kier molecular flexibility index (Phi) is 3.95. The van der Waals surface area contributed by atoms with Gasteiger partial charge in [-0.2, -0.15) is 0 Å². The van der Waals surface area contributed by atoms with Gasteiger partial charge in [-0.15, -0.1) is 0 Å². The molecule has 2 heterocycles. The molecule has 0 atom stereocenters. The molecule has 1 N–H and O–H groups in total. The van der Waals surface area contributed by atoms with E-state index in [-0.39, 0.29) is 12.4 Å². The molecule has 0 saturated heterocycles. The fourth-order valence-electron chi connectivity index (χ4n) is 4.02. The maximum atomic E-state index is 12.8. The van der Waals surface area contributed by atoms with Gasteiger partial charge < -0.3 is 23.7 Å². The highest BCUT2D eigenvalue weighted by Gasteiger charge is 2.34. The SMILES string of the molecule is COc1cc(-c2c3c(cc4ccc5c(c24)OCO5)C(=O)NC3=O)cc(OC)c1OC. The Hall–Kier alpha value is -3.94. The minimum absolute atomic E-state index is 0.0748. The smallest absolute Gasteiger partial charge is 0.259 e. The van der Waals surface area contributed by atoms with E-state index < -0.39 is 11.8 Å². The second kappa shape index (κ2) is 6.55. The van der Waals surface area contributed by atoms with Crippen molar-refractivity contribution >= 4 is 22.6 Å². The lowest BCUT2D eigenvalue weighted by molar-refractivity contribution is 0.0880. The van der Waals surface area contributed by atoms with E-state index in [0.29, 0.717) is 50.8 Å². The zero-order chi connectivity index (χ0) is 21.0. The number of carbonyl (C=O) groups excluding carboxylic acids is 2. The second-order valence-corrected chi connectivity index (χ2v) is 6.77. The summed E-state index contributed by atoms with van der Waals surface area (Å²) in [5.41, 5.74) is 1.72. The summed E-state index contributed by atoms with van der Waals surface area (Å²) in [6.45, 7) is 0.0748. The van der Waals surface area contributed by atoms with Gasteiger partial charge >= 0.3 is 0 Å². The number of hydrogen-bond acceptors (Lipinski definition) is 7. The highest BCUT2D eigenvalue weighted by atomic mass is 16.7. The molecule has 3 aromatic rings. The summed E-state index contributed by atoms with van der Waals surface area (Å²) in [6, 6.07) is 8.78. The zero-order valence-electron chi connectivity index (χ0n) is 16.5. The van der Waals surface area contributed by atoms with Gasteiger partial charge in [-0.1, -0.05) is 6.07 Å². The van der Waals surface area contributed by atoms with Crippen LogP contribution in [0.5, 0.6) is 28.7 Å². The average molecular weight is 407 g/mol. The number of carbonyl (C=O) groups is 2. The number of benzene rings is 3. The molecular formula is C22H17NO7. The first-order valence-corrected chi connectivity index (χ1v) is 9.12. The van der Waals surface area contributed by atoms with Crippen LogP contribution in [0.2, 0.25) is 0 Å². The summed E-state index contributed by atoms with van der Waals surface area (Å²) in [7, 11) is 4.54. The summed E-state index contributed by atoms with van der Waals surface area (Å²) < 4.78 is 27.6. The number of rotatable bonds is 4. The van der Waals surface area contributed by atoms with Gasteiger partial charge in [-0.05, 0) is 35.2 Å². The van der Waals surface area contributed by atoms with Crippen molar-refractivity contribution in [3.05, 3.63) is 41.5 Å². The van der Waals surface area contributed by atoms with Crippen LogP contribution in [0, 0.1) is 0 Å². The summed E-state index contributed by atoms with van der Waals surface area (Å²) in [6.07, 6.45) is 0. The average Bonchev–Trinajstić information content (AvgIpc) is 3.35. The maximum Gasteiger partial charge on any atom is 0.259 e. The second-order valence-electron chi connectivity index (χ2n) is 6.77. The largest absolute Gasteiger partial charge is 0.493 e. The number of fused-ring (bicyclic) bond motifs is 4. The molecule has 8 nitrogen and oxygen atoms in total. The van der Waals surface area contributed by atoms with Crippen molar-refractivity contribution in [1.82, 2.24) is 5.32 Å². The molecule has 3 aromatic carbocycles. The van der Waals surface area contributed by atoms with E-state index in [2.05, 4.69) is 5.32 Å². The predicted molar refractivity (Wildman–Crippen MR) is 107 cm³/mol. The van der Waals surface area contributed by atoms with Gasteiger partial charge in [-0.3, -0.25) is 14.9 Å². The van der Waals surface area contributed by atoms with E-state index >= 15 is 0 Å². The maximum absolute atomic E-state index is 12.8. The van der Waals surface area contributed by atoms with Crippen LogP contribution in [0.15, 0.2) is 30.3 Å². The Morgan fingerprint density at radius 3 is 2.27 bits per heavy atom. The minimum atomic E-state index is -0.475. The lowest BCUT2D eigenvalue weighted by Gasteiger charge is -2.17. The standard InChI is InChI=1S/C22H17NO7/c1-26-14-7-11(8-15(27-2)19(14)28-3)16-17-10(4-5-13-20(17)30-9-29-13)6-12-18(16)22(25)23-21(12)24/h4-8H,9H2,1-3H3,(H,23,24,25). The Bertz CT molecular complexity index is 1220. The van der Waals surface area contributed by atoms with E-state index in [4.69, 9.17) is 23.7 Å². The zero-order valence-corrected chi connectivity index (χ0v) is 16.5. The van der Waals surface area contributed by atoms with Crippen molar-refractivity contribution in [1.29, 1.82) is 0 Å². The highest BCUT2D eigenvalue weighted by Crippen LogP contribution is 2.49. The predicted octanol–water partition coefficient (Wildman–Crippen LogP) is 3.14. The van der Waals surface area contributed by atoms with Gasteiger partial charge in [0.1, 0.15) is 0 Å². The first kappa shape index (κ1) is 18.1. The fraction of sp³-hybridized carbons (Fsp3) is 0.182. The number of ether oxygens (including phenoxy) is 5. The number of hydrogen-bond donors (Lipinski definition) is 1. The topological polar surface area (TPSA) is 92.3 Å². The summed E-state index contributed by atoms with van der Waals surface area (Å²) in [4.78, 5) is 25.2. The Morgan fingerprint density at radius 2 is 1.60 bits per heavy atom. The lowest BCUT2D eigenvalue weighted by Crippen LogP contribution is -2.20. The van der Waals surface area contributed by atoms with Crippen molar-refractivity contribution in [3.8, 4) is 39.9 Å². The summed E-state index contributed by atoms with van der Waals surface area (Å²) in [5.74, 6) is 1.44. The van der Waals surface area contributed by atoms with Gasteiger partial charge in [0.25, 0.3) is 11.8 Å². The van der Waals surface area contributed by atoms with Crippen LogP contribution in [-0.2, 0) is 0 Å². The number of methoxy groups -OCH3 is 3. The molecule has 8 heteroatoms. The van der Waals surface area contributed by atoms with Crippen molar-refractivity contribution < 1.29 is 33.3 Å². The van der Waals surface area contributed by atoms with Crippen LogP contribution in [0.3, 0.4) is 0 Å². The highest BCUT2D eigenvalue weighted by molar-refractivity contribution is 6.28. The number of nitrogens with one attached hydrogen (secondary N) is 1. The van der Waals surface area contributed by atoms with Crippen LogP contribution in [-0.4, -0.2) is 39.9 Å². The molecule has 152 valence electrons. The van der Waals surface area contributed by atoms with Crippen LogP contribution >= 0.6 is 0 Å². The van der Waals surface area contributed by atoms with E-state index in [1.165, 1.54) is 21.3 Å². The molecule has 5 rings (SSSR count). The van der Waals surface area contributed by atoms with Gasteiger partial charge in [0.05, 0.1) is 32.5 Å². The van der Waals surface area contributed by atoms with Gasteiger partial charge in [0.2, 0.25) is 12.5 Å². The van der Waals surface area contributed by atoms with Gasteiger partial charge in [0.15, 0.2) is 23.0 Å². The third-order valence-corrected chi connectivity index (χ3v) is 5.29.